The number of anilines is 1. The highest BCUT2D eigenvalue weighted by atomic mass is 32.2. The number of unbranched alkanes of at least 4 members (excludes halogenated alkanes) is 17. The van der Waals surface area contributed by atoms with E-state index in [1.165, 1.54) is 70.3 Å². The van der Waals surface area contributed by atoms with Crippen LogP contribution < -0.4 is 17.2 Å². The molecule has 0 radical (unpaired) electrons. The van der Waals surface area contributed by atoms with E-state index in [-0.39, 0.29) is 37.3 Å². The topological polar surface area (TPSA) is 349 Å². The predicted octanol–water partition coefficient (Wildman–Crippen LogP) is 8.65. The zero-order valence-electron chi connectivity index (χ0n) is 45.6. The number of nitrogen functional groups attached to an aromatic ring is 1. The minimum absolute atomic E-state index is 0.0269. The van der Waals surface area contributed by atoms with Crippen LogP contribution in [0.15, 0.2) is 65.7 Å². The predicted molar refractivity (Wildman–Crippen MR) is 299 cm³/mol. The van der Waals surface area contributed by atoms with Crippen molar-refractivity contribution in [2.75, 3.05) is 31.3 Å². The lowest BCUT2D eigenvalue weighted by atomic mass is 10.0. The average molecular weight is 1170 g/mol. The van der Waals surface area contributed by atoms with Gasteiger partial charge in [-0.2, -0.15) is 9.29 Å². The van der Waals surface area contributed by atoms with Crippen molar-refractivity contribution < 1.29 is 81.3 Å². The summed E-state index contributed by atoms with van der Waals surface area (Å²) >= 11 is 1.09. The zero-order chi connectivity index (χ0) is 57.6. The standard InChI is InChI=1S/C53H90N4O18P2S/c1-3-5-7-9-11-13-15-17-18-19-21-23-25-27-29-34-48(61)70-37-41(38-71-76(66,67)75-77(68,69)72-39-44-49(62)50(63)51(74-44)57-36-35-46(55)56-53(57)65)73-52(64)42(54)40-78-45(43(58)31-30-33-47(59)60)32-28-26-24-22-20-16-14-12-10-8-6-4-2/h12,14,20,22,24,26,28,32,35-36,41-45,49-51,58,62-63H,3-11,13,15-19,21,23,25,27,29-31,33-34,37-40,54H2,1-2H3,(H,59,60)(H,66,67)(H,68,69)(H2,55,56,65)/b14-12-,22-20-,26-24+,32-28+/t41-,42+,43+,44-,45-,49-,50-,51-/m1/s1. The number of carbonyl (C=O) groups is 3. The fraction of sp³-hybridized carbons (Fsp3) is 0.717. The molecular weight excluding hydrogens is 1070 g/mol. The molecule has 0 spiro atoms. The number of nitrogens with two attached hydrogens (primary N) is 2. The third-order valence-electron chi connectivity index (χ3n) is 12.4. The van der Waals surface area contributed by atoms with Crippen LogP contribution in [0.2, 0.25) is 0 Å². The number of esters is 2. The number of nitrogens with zero attached hydrogens (tertiary/aromatic N) is 2. The second kappa shape index (κ2) is 41.5. The van der Waals surface area contributed by atoms with Crippen molar-refractivity contribution in [1.29, 1.82) is 0 Å². The number of aliphatic hydroxyl groups is 3. The lowest BCUT2D eigenvalue weighted by molar-refractivity contribution is -0.161. The SMILES string of the molecule is CCCCC/C=C\C\C=C/C=C/C=C/[C@@H](SC[C@H](N)C(=O)O[C@H](COC(=O)CCCCCCCCCCCCCCCCC)COP(=O)(O)OP(=O)(O)OC[C@H]1O[C@@H](n2ccc(N)nc2=O)[C@H](O)[C@@H]1O)[C@@H](O)CCCC(=O)O. The molecule has 10 N–H and O–H groups in total. The van der Waals surface area contributed by atoms with Gasteiger partial charge in [-0.1, -0.05) is 165 Å². The number of carbonyl (C=O) groups excluding carboxylic acids is 2. The number of phosphoric ester groups is 2. The summed E-state index contributed by atoms with van der Waals surface area (Å²) in [6.07, 6.45) is 29.5. The quantitative estimate of drug-likeness (QED) is 0.00994. The van der Waals surface area contributed by atoms with E-state index < -0.39 is 107 Å². The van der Waals surface area contributed by atoms with Crippen LogP contribution in [0.25, 0.3) is 0 Å². The van der Waals surface area contributed by atoms with Gasteiger partial charge in [0.2, 0.25) is 0 Å². The second-order valence-corrected chi connectivity index (χ2v) is 23.6. The molecule has 10 atom stereocenters. The number of ether oxygens (including phenoxy) is 3. The van der Waals surface area contributed by atoms with Crippen LogP contribution in [0, 0.1) is 0 Å². The number of aliphatic carboxylic acids is 1. The van der Waals surface area contributed by atoms with E-state index in [2.05, 4.69) is 35.3 Å². The van der Waals surface area contributed by atoms with Gasteiger partial charge in [-0.3, -0.25) is 28.0 Å². The number of phosphoric acid groups is 2. The molecule has 0 amide bonds. The largest absolute Gasteiger partial charge is 0.481 e. The Bertz CT molecular complexity index is 2130. The molecule has 2 heterocycles. The maximum absolute atomic E-state index is 13.4. The van der Waals surface area contributed by atoms with Crippen LogP contribution >= 0.6 is 27.4 Å². The van der Waals surface area contributed by atoms with E-state index >= 15 is 0 Å². The number of hydrogen-bond donors (Lipinski definition) is 8. The first-order valence-electron chi connectivity index (χ1n) is 27.6. The minimum Gasteiger partial charge on any atom is -0.481 e. The Hall–Kier alpha value is -3.54. The van der Waals surface area contributed by atoms with Crippen molar-refractivity contribution in [3.05, 3.63) is 71.4 Å². The Morgan fingerprint density at radius 2 is 1.40 bits per heavy atom. The molecule has 1 aliphatic heterocycles. The molecule has 22 nitrogen and oxygen atoms in total. The molecule has 1 fully saturated rings. The summed E-state index contributed by atoms with van der Waals surface area (Å²) in [5.41, 5.74) is 10.8. The lowest BCUT2D eigenvalue weighted by Crippen LogP contribution is -2.40. The highest BCUT2D eigenvalue weighted by molar-refractivity contribution is 8.00. The van der Waals surface area contributed by atoms with Gasteiger partial charge in [0.15, 0.2) is 12.3 Å². The molecule has 0 saturated carbocycles. The summed E-state index contributed by atoms with van der Waals surface area (Å²) in [6, 6.07) is -0.159. The molecule has 25 heteroatoms. The van der Waals surface area contributed by atoms with E-state index in [4.69, 9.17) is 39.8 Å². The summed E-state index contributed by atoms with van der Waals surface area (Å²) < 4.78 is 57.1. The van der Waals surface area contributed by atoms with Crippen molar-refractivity contribution >= 4 is 51.1 Å². The minimum atomic E-state index is -5.58. The Morgan fingerprint density at radius 1 is 0.795 bits per heavy atom. The molecule has 2 rings (SSSR count). The van der Waals surface area contributed by atoms with Gasteiger partial charge < -0.3 is 55.9 Å². The van der Waals surface area contributed by atoms with Crippen LogP contribution in [-0.4, -0.2) is 125 Å². The smallest absolute Gasteiger partial charge is 0.481 e. The zero-order valence-corrected chi connectivity index (χ0v) is 48.2. The van der Waals surface area contributed by atoms with Gasteiger partial charge in [0, 0.05) is 30.0 Å². The Kier molecular flexibility index (Phi) is 37.5. The van der Waals surface area contributed by atoms with Gasteiger partial charge in [-0.05, 0) is 44.6 Å². The molecule has 1 aromatic heterocycles. The van der Waals surface area contributed by atoms with Gasteiger partial charge in [0.25, 0.3) is 0 Å². The normalized spacial score (nSPS) is 20.1. The lowest BCUT2D eigenvalue weighted by Gasteiger charge is -2.23. The van der Waals surface area contributed by atoms with Crippen molar-refractivity contribution in [3.63, 3.8) is 0 Å². The summed E-state index contributed by atoms with van der Waals surface area (Å²) in [6.45, 7) is 1.65. The van der Waals surface area contributed by atoms with Gasteiger partial charge in [0.05, 0.1) is 19.3 Å². The molecule has 0 bridgehead atoms. The van der Waals surface area contributed by atoms with Gasteiger partial charge in [-0.25, -0.2) is 13.9 Å². The first-order chi connectivity index (χ1) is 37.3. The number of aliphatic hydroxyl groups excluding tert-OH is 3. The summed E-state index contributed by atoms with van der Waals surface area (Å²) in [7, 11) is -11.1. The monoisotopic (exact) mass is 1160 g/mol. The van der Waals surface area contributed by atoms with Gasteiger partial charge in [-0.15, -0.1) is 11.8 Å². The maximum Gasteiger partial charge on any atom is 0.481 e. The van der Waals surface area contributed by atoms with Gasteiger partial charge in [0.1, 0.15) is 36.8 Å². The van der Waals surface area contributed by atoms with Crippen LogP contribution in [0.5, 0.6) is 0 Å². The van der Waals surface area contributed by atoms with E-state index in [0.717, 1.165) is 80.3 Å². The first-order valence-corrected chi connectivity index (χ1v) is 31.6. The average Bonchev–Trinajstić information content (AvgIpc) is 3.70. The summed E-state index contributed by atoms with van der Waals surface area (Å²) in [5, 5.41) is 40.5. The second-order valence-electron chi connectivity index (χ2n) is 19.3. The van der Waals surface area contributed by atoms with Crippen LogP contribution in [0.3, 0.4) is 0 Å². The Labute approximate surface area is 464 Å². The molecule has 1 aromatic rings. The summed E-state index contributed by atoms with van der Waals surface area (Å²) in [4.78, 5) is 74.1. The van der Waals surface area contributed by atoms with Crippen LogP contribution in [0.4, 0.5) is 5.82 Å². The third-order valence-corrected chi connectivity index (χ3v) is 16.4. The molecule has 1 saturated heterocycles. The maximum atomic E-state index is 13.4. The number of thioether (sulfide) groups is 1. The number of aromatic nitrogens is 2. The Balaban J connectivity index is 2.05. The number of carboxylic acid groups (broad SMARTS) is 1. The third kappa shape index (κ3) is 32.6. The van der Waals surface area contributed by atoms with E-state index in [1.807, 2.05) is 18.2 Å². The van der Waals surface area contributed by atoms with Crippen molar-refractivity contribution in [2.24, 2.45) is 5.73 Å². The molecule has 0 aromatic carbocycles. The highest BCUT2D eigenvalue weighted by Crippen LogP contribution is 2.60. The molecule has 446 valence electrons. The summed E-state index contributed by atoms with van der Waals surface area (Å²) in [5.74, 6) is -3.01. The fourth-order valence-electron chi connectivity index (χ4n) is 7.97. The highest BCUT2D eigenvalue weighted by Gasteiger charge is 2.46. The van der Waals surface area contributed by atoms with E-state index in [9.17, 15) is 53.4 Å². The Morgan fingerprint density at radius 3 is 2.03 bits per heavy atom. The molecule has 78 heavy (non-hydrogen) atoms. The molecular formula is C53H90N4O18P2S. The van der Waals surface area contributed by atoms with Gasteiger partial charge >= 0.3 is 39.2 Å². The number of carboxylic acids is 1. The number of hydrogen-bond acceptors (Lipinski definition) is 19. The molecule has 1 aliphatic rings. The van der Waals surface area contributed by atoms with Crippen molar-refractivity contribution in [1.82, 2.24) is 9.55 Å². The first kappa shape index (κ1) is 70.6. The number of allylic oxidation sites excluding steroid dienone is 7. The van der Waals surface area contributed by atoms with Crippen LogP contribution in [-0.2, 0) is 51.1 Å². The van der Waals surface area contributed by atoms with E-state index in [1.54, 1.807) is 18.2 Å². The van der Waals surface area contributed by atoms with Crippen molar-refractivity contribution in [3.8, 4) is 0 Å². The number of rotatable bonds is 46. The van der Waals surface area contributed by atoms with Crippen molar-refractivity contribution in [2.45, 2.75) is 216 Å². The van der Waals surface area contributed by atoms with Crippen LogP contribution in [0.1, 0.15) is 174 Å². The molecule has 0 aliphatic carbocycles. The molecule has 2 unspecified atom stereocenters. The van der Waals surface area contributed by atoms with E-state index in [0.29, 0.717) is 6.42 Å². The fourth-order valence-corrected chi connectivity index (χ4v) is 11.2.